The SMILES string of the molecule is CCC(C)C(Cl)C(=O)Oc1ccc(-c2ccc(O)cc2)c(F)c1F. The molecule has 0 aliphatic heterocycles. The first-order chi connectivity index (χ1) is 11.3. The Morgan fingerprint density at radius 2 is 1.79 bits per heavy atom. The molecule has 0 saturated heterocycles. The van der Waals surface area contributed by atoms with Gasteiger partial charge in [-0.15, -0.1) is 11.6 Å². The lowest BCUT2D eigenvalue weighted by molar-refractivity contribution is -0.135. The first-order valence-electron chi connectivity index (χ1n) is 7.48. The third kappa shape index (κ3) is 3.85. The van der Waals surface area contributed by atoms with Gasteiger partial charge < -0.3 is 9.84 Å². The minimum absolute atomic E-state index is 0.00310. The van der Waals surface area contributed by atoms with Gasteiger partial charge in [0, 0.05) is 5.56 Å². The van der Waals surface area contributed by atoms with Crippen molar-refractivity contribution < 1.29 is 23.4 Å². The summed E-state index contributed by atoms with van der Waals surface area (Å²) in [6.45, 7) is 3.63. The van der Waals surface area contributed by atoms with Crippen LogP contribution in [0.4, 0.5) is 8.78 Å². The van der Waals surface area contributed by atoms with Gasteiger partial charge in [0.2, 0.25) is 5.82 Å². The van der Waals surface area contributed by atoms with Gasteiger partial charge in [-0.3, -0.25) is 4.79 Å². The molecule has 3 nitrogen and oxygen atoms in total. The Balaban J connectivity index is 2.27. The molecule has 0 aromatic heterocycles. The Bertz CT molecular complexity index is 732. The number of hydrogen-bond donors (Lipinski definition) is 1. The largest absolute Gasteiger partial charge is 0.508 e. The van der Waals surface area contributed by atoms with Crippen LogP contribution in [0, 0.1) is 17.6 Å². The Kier molecular flexibility index (Phi) is 5.78. The highest BCUT2D eigenvalue weighted by atomic mass is 35.5. The average Bonchev–Trinajstić information content (AvgIpc) is 2.58. The molecule has 0 aliphatic rings. The van der Waals surface area contributed by atoms with Crippen molar-refractivity contribution in [3.8, 4) is 22.6 Å². The highest BCUT2D eigenvalue weighted by Crippen LogP contribution is 2.31. The molecule has 2 atom stereocenters. The molecule has 0 saturated carbocycles. The first kappa shape index (κ1) is 18.2. The fourth-order valence-corrected chi connectivity index (χ4v) is 2.30. The van der Waals surface area contributed by atoms with Crippen LogP contribution in [-0.4, -0.2) is 16.5 Å². The fraction of sp³-hybridized carbons (Fsp3) is 0.278. The molecule has 0 bridgehead atoms. The van der Waals surface area contributed by atoms with Gasteiger partial charge in [0.1, 0.15) is 11.1 Å². The number of phenols is 1. The van der Waals surface area contributed by atoms with Crippen molar-refractivity contribution in [1.29, 1.82) is 0 Å². The van der Waals surface area contributed by atoms with Crippen LogP contribution in [0.5, 0.6) is 11.5 Å². The smallest absolute Gasteiger partial charge is 0.329 e. The molecule has 2 aromatic rings. The van der Waals surface area contributed by atoms with E-state index in [4.69, 9.17) is 16.3 Å². The van der Waals surface area contributed by atoms with E-state index in [1.807, 2.05) is 6.92 Å². The normalized spacial score (nSPS) is 13.4. The maximum atomic E-state index is 14.3. The molecule has 128 valence electrons. The van der Waals surface area contributed by atoms with Crippen molar-refractivity contribution in [2.45, 2.75) is 25.6 Å². The van der Waals surface area contributed by atoms with Crippen LogP contribution < -0.4 is 4.74 Å². The van der Waals surface area contributed by atoms with Gasteiger partial charge in [-0.05, 0) is 35.7 Å². The molecular weight excluding hydrogens is 338 g/mol. The topological polar surface area (TPSA) is 46.5 Å². The van der Waals surface area contributed by atoms with Crippen molar-refractivity contribution >= 4 is 17.6 Å². The van der Waals surface area contributed by atoms with E-state index >= 15 is 0 Å². The summed E-state index contributed by atoms with van der Waals surface area (Å²) in [7, 11) is 0. The van der Waals surface area contributed by atoms with Gasteiger partial charge in [-0.1, -0.05) is 32.4 Å². The highest BCUT2D eigenvalue weighted by Gasteiger charge is 2.25. The zero-order chi connectivity index (χ0) is 17.9. The third-order valence-corrected chi connectivity index (χ3v) is 4.41. The van der Waals surface area contributed by atoms with Crippen LogP contribution in [0.3, 0.4) is 0 Å². The second-order valence-corrected chi connectivity index (χ2v) is 5.96. The van der Waals surface area contributed by atoms with Gasteiger partial charge >= 0.3 is 5.97 Å². The predicted octanol–water partition coefficient (Wildman–Crippen LogP) is 4.90. The molecule has 0 spiro atoms. The second-order valence-electron chi connectivity index (χ2n) is 5.49. The number of alkyl halides is 1. The number of carbonyl (C=O) groups excluding carboxylic acids is 1. The van der Waals surface area contributed by atoms with Crippen molar-refractivity contribution in [1.82, 2.24) is 0 Å². The number of halogens is 3. The predicted molar refractivity (Wildman–Crippen MR) is 88.2 cm³/mol. The van der Waals surface area contributed by atoms with E-state index in [1.165, 1.54) is 36.4 Å². The number of ether oxygens (including phenoxy) is 1. The average molecular weight is 355 g/mol. The van der Waals surface area contributed by atoms with Crippen LogP contribution in [0.15, 0.2) is 36.4 Å². The number of carbonyl (C=O) groups is 1. The van der Waals surface area contributed by atoms with Crippen molar-refractivity contribution in [3.63, 3.8) is 0 Å². The first-order valence-corrected chi connectivity index (χ1v) is 7.92. The zero-order valence-corrected chi connectivity index (χ0v) is 14.0. The number of hydrogen-bond acceptors (Lipinski definition) is 3. The standard InChI is InChI=1S/C18H17ClF2O3/c1-3-10(2)15(19)18(23)24-14-9-8-13(16(20)17(14)21)11-4-6-12(22)7-5-11/h4-10,15,22H,3H2,1-2H3. The summed E-state index contributed by atoms with van der Waals surface area (Å²) in [4.78, 5) is 11.9. The van der Waals surface area contributed by atoms with E-state index in [9.17, 15) is 18.7 Å². The van der Waals surface area contributed by atoms with Gasteiger partial charge in [-0.25, -0.2) is 4.39 Å². The van der Waals surface area contributed by atoms with E-state index < -0.39 is 28.7 Å². The molecule has 6 heteroatoms. The molecule has 0 heterocycles. The van der Waals surface area contributed by atoms with E-state index in [0.717, 1.165) is 0 Å². The van der Waals surface area contributed by atoms with E-state index in [1.54, 1.807) is 6.92 Å². The molecular formula is C18H17ClF2O3. The fourth-order valence-electron chi connectivity index (χ4n) is 2.08. The zero-order valence-electron chi connectivity index (χ0n) is 13.2. The molecule has 1 N–H and O–H groups in total. The molecule has 0 fully saturated rings. The molecule has 2 unspecified atom stereocenters. The quantitative estimate of drug-likeness (QED) is 0.472. The molecule has 24 heavy (non-hydrogen) atoms. The Morgan fingerprint density at radius 1 is 1.17 bits per heavy atom. The maximum absolute atomic E-state index is 14.3. The summed E-state index contributed by atoms with van der Waals surface area (Å²) < 4.78 is 33.3. The minimum Gasteiger partial charge on any atom is -0.508 e. The highest BCUT2D eigenvalue weighted by molar-refractivity contribution is 6.30. The number of aromatic hydroxyl groups is 1. The second kappa shape index (κ2) is 7.62. The van der Waals surface area contributed by atoms with Gasteiger partial charge in [0.05, 0.1) is 0 Å². The van der Waals surface area contributed by atoms with Gasteiger partial charge in [0.15, 0.2) is 11.6 Å². The van der Waals surface area contributed by atoms with Crippen molar-refractivity contribution in [2.75, 3.05) is 0 Å². The summed E-state index contributed by atoms with van der Waals surface area (Å²) in [6.07, 6.45) is 0.653. The number of phenolic OH excluding ortho intramolecular Hbond substituents is 1. The van der Waals surface area contributed by atoms with E-state index in [-0.39, 0.29) is 17.2 Å². The van der Waals surface area contributed by atoms with Crippen LogP contribution in [0.25, 0.3) is 11.1 Å². The molecule has 2 rings (SSSR count). The van der Waals surface area contributed by atoms with Crippen molar-refractivity contribution in [2.24, 2.45) is 5.92 Å². The lowest BCUT2D eigenvalue weighted by Gasteiger charge is -2.15. The monoisotopic (exact) mass is 354 g/mol. The van der Waals surface area contributed by atoms with Gasteiger partial charge in [-0.2, -0.15) is 4.39 Å². The molecule has 0 amide bonds. The summed E-state index contributed by atoms with van der Waals surface area (Å²) in [5.74, 6) is -3.86. The van der Waals surface area contributed by atoms with Crippen LogP contribution in [-0.2, 0) is 4.79 Å². The van der Waals surface area contributed by atoms with Gasteiger partial charge in [0.25, 0.3) is 0 Å². The van der Waals surface area contributed by atoms with Crippen LogP contribution in [0.1, 0.15) is 20.3 Å². The summed E-state index contributed by atoms with van der Waals surface area (Å²) in [6, 6.07) is 8.13. The van der Waals surface area contributed by atoms with E-state index in [2.05, 4.69) is 0 Å². The third-order valence-electron chi connectivity index (χ3n) is 3.80. The van der Waals surface area contributed by atoms with Crippen molar-refractivity contribution in [3.05, 3.63) is 48.0 Å². The Morgan fingerprint density at radius 3 is 2.38 bits per heavy atom. The number of benzene rings is 2. The summed E-state index contributed by atoms with van der Waals surface area (Å²) >= 11 is 5.95. The molecule has 0 aliphatic carbocycles. The minimum atomic E-state index is -1.26. The summed E-state index contributed by atoms with van der Waals surface area (Å²) in [5.41, 5.74) is 0.383. The number of esters is 1. The van der Waals surface area contributed by atoms with Crippen LogP contribution in [0.2, 0.25) is 0 Å². The Labute approximate surface area is 143 Å². The maximum Gasteiger partial charge on any atom is 0.329 e. The molecule has 0 radical (unpaired) electrons. The Hall–Kier alpha value is -2.14. The lowest BCUT2D eigenvalue weighted by atomic mass is 10.0. The van der Waals surface area contributed by atoms with E-state index in [0.29, 0.717) is 12.0 Å². The lowest BCUT2D eigenvalue weighted by Crippen LogP contribution is -2.27. The van der Waals surface area contributed by atoms with Crippen LogP contribution >= 0.6 is 11.6 Å². The molecule has 2 aromatic carbocycles. The summed E-state index contributed by atoms with van der Waals surface area (Å²) in [5, 5.41) is 8.31. The number of rotatable bonds is 5.